The van der Waals surface area contributed by atoms with Crippen molar-refractivity contribution in [1.29, 1.82) is 0 Å². The monoisotopic (exact) mass is 418 g/mol. The van der Waals surface area contributed by atoms with E-state index in [0.717, 1.165) is 45.5 Å². The lowest BCUT2D eigenvalue weighted by molar-refractivity contribution is -0.187. The van der Waals surface area contributed by atoms with E-state index in [0.29, 0.717) is 30.3 Å². The zero-order chi connectivity index (χ0) is 20.0. The summed E-state index contributed by atoms with van der Waals surface area (Å²) < 4.78 is 41.3. The van der Waals surface area contributed by atoms with E-state index >= 15 is 0 Å². The zero-order valence-electron chi connectivity index (χ0n) is 17.9. The molecular weight excluding hydrogens is 380 g/mol. The lowest BCUT2D eigenvalue weighted by Crippen LogP contribution is -2.58. The van der Waals surface area contributed by atoms with Gasteiger partial charge in [0.15, 0.2) is 0 Å². The Bertz CT molecular complexity index is 430. The Morgan fingerprint density at radius 3 is 1.54 bits per heavy atom. The van der Waals surface area contributed by atoms with Crippen molar-refractivity contribution in [2.24, 2.45) is 0 Å². The molecule has 8 heteroatoms. The van der Waals surface area contributed by atoms with Crippen molar-refractivity contribution in [3.8, 4) is 0 Å². The van der Waals surface area contributed by atoms with Crippen LogP contribution < -0.4 is 0 Å². The van der Waals surface area contributed by atoms with E-state index in [1.165, 1.54) is 0 Å². The van der Waals surface area contributed by atoms with Gasteiger partial charge >= 0.3 is 0 Å². The molecule has 0 aromatic rings. The first-order chi connectivity index (χ1) is 13.6. The molecule has 3 rings (SSSR count). The highest BCUT2D eigenvalue weighted by atomic mass is 28.2. The first kappa shape index (κ1) is 22.6. The lowest BCUT2D eigenvalue weighted by Gasteiger charge is -2.46. The minimum atomic E-state index is -0.523. The molecule has 3 fully saturated rings. The van der Waals surface area contributed by atoms with Gasteiger partial charge in [-0.1, -0.05) is 20.8 Å². The molecule has 0 aromatic carbocycles. The molecule has 3 saturated heterocycles. The van der Waals surface area contributed by atoms with Crippen LogP contribution in [0, 0.1) is 0 Å². The van der Waals surface area contributed by atoms with Gasteiger partial charge in [-0.05, 0) is 19.3 Å². The number of hydrogen-bond donors (Lipinski definition) is 0. The van der Waals surface area contributed by atoms with Crippen LogP contribution in [0.5, 0.6) is 0 Å². The van der Waals surface area contributed by atoms with Crippen LogP contribution in [0.25, 0.3) is 0 Å². The number of rotatable bonds is 17. The van der Waals surface area contributed by atoms with Crippen molar-refractivity contribution in [2.75, 3.05) is 39.6 Å². The van der Waals surface area contributed by atoms with Crippen LogP contribution in [-0.4, -0.2) is 92.4 Å². The first-order valence-electron chi connectivity index (χ1n) is 10.9. The molecule has 0 amide bonds. The maximum Gasteiger partial charge on any atom is 0.147 e. The van der Waals surface area contributed by atoms with E-state index in [-0.39, 0.29) is 36.6 Å². The largest absolute Gasteiger partial charge is 0.417 e. The third kappa shape index (κ3) is 6.47. The molecule has 6 unspecified atom stereocenters. The maximum absolute atomic E-state index is 6.40. The molecule has 0 bridgehead atoms. The zero-order valence-corrected chi connectivity index (χ0v) is 19.9. The van der Waals surface area contributed by atoms with Gasteiger partial charge in [0, 0.05) is 6.42 Å². The summed E-state index contributed by atoms with van der Waals surface area (Å²) in [5.41, 5.74) is -0.523. The fraction of sp³-hybridized carbons (Fsp3) is 1.00. The summed E-state index contributed by atoms with van der Waals surface area (Å²) in [6, 6.07) is 0. The highest BCUT2D eigenvalue weighted by Crippen LogP contribution is 2.36. The summed E-state index contributed by atoms with van der Waals surface area (Å²) in [7, 11) is 0.607. The summed E-state index contributed by atoms with van der Waals surface area (Å²) >= 11 is 0. The number of ether oxygens (including phenoxy) is 6. The Hall–Kier alpha value is -0.0631. The molecule has 0 saturated carbocycles. The second kappa shape index (κ2) is 10.8. The molecule has 3 heterocycles. The summed E-state index contributed by atoms with van der Waals surface area (Å²) in [4.78, 5) is 0. The summed E-state index contributed by atoms with van der Waals surface area (Å²) in [6.07, 6.45) is 4.08. The van der Waals surface area contributed by atoms with Gasteiger partial charge in [-0.2, -0.15) is 0 Å². The molecule has 0 N–H and O–H groups in total. The minimum Gasteiger partial charge on any atom is -0.417 e. The molecule has 3 aliphatic rings. The molecule has 0 aliphatic carbocycles. The van der Waals surface area contributed by atoms with E-state index < -0.39 is 5.60 Å². The summed E-state index contributed by atoms with van der Waals surface area (Å²) in [5, 5.41) is 0. The van der Waals surface area contributed by atoms with Gasteiger partial charge in [0.2, 0.25) is 0 Å². The number of hydrogen-bond acceptors (Lipinski definition) is 7. The minimum absolute atomic E-state index is 0.0610. The fourth-order valence-corrected chi connectivity index (χ4v) is 4.58. The van der Waals surface area contributed by atoms with E-state index in [1.54, 1.807) is 0 Å². The molecule has 6 atom stereocenters. The van der Waals surface area contributed by atoms with Crippen molar-refractivity contribution in [1.82, 2.24) is 0 Å². The predicted molar refractivity (Wildman–Crippen MR) is 108 cm³/mol. The topological polar surface area (TPSA) is 74.5 Å². The normalized spacial score (nSPS) is 31.2. The SMILES string of the molecule is CCC(CC(O[SiH3])(C(CC)OCC1CO1)C(CC)OCC1CO1)OCC1CO1. The van der Waals surface area contributed by atoms with Crippen LogP contribution in [0.3, 0.4) is 0 Å². The standard InChI is InChI=1S/C20H38O7Si/c1-4-14(21-8-15-9-22-15)7-20(27-28,18(5-2)25-12-16-10-23-16)19(6-3)26-13-17-11-24-17/h14-19H,4-13H2,1-3,28H3. The van der Waals surface area contributed by atoms with Crippen molar-refractivity contribution in [3.05, 3.63) is 0 Å². The van der Waals surface area contributed by atoms with E-state index in [1.807, 2.05) is 0 Å². The average molecular weight is 419 g/mol. The Balaban J connectivity index is 1.72. The van der Waals surface area contributed by atoms with Crippen LogP contribution in [-0.2, 0) is 32.8 Å². The van der Waals surface area contributed by atoms with Crippen molar-refractivity contribution in [2.45, 2.75) is 88.7 Å². The van der Waals surface area contributed by atoms with Gasteiger partial charge < -0.3 is 32.8 Å². The molecule has 0 spiro atoms. The highest BCUT2D eigenvalue weighted by molar-refractivity contribution is 5.98. The van der Waals surface area contributed by atoms with Gasteiger partial charge in [0.05, 0.1) is 58.0 Å². The van der Waals surface area contributed by atoms with Crippen molar-refractivity contribution >= 4 is 10.5 Å². The third-order valence-corrected chi connectivity index (χ3v) is 6.67. The molecule has 7 nitrogen and oxygen atoms in total. The van der Waals surface area contributed by atoms with Crippen LogP contribution in [0.2, 0.25) is 0 Å². The van der Waals surface area contributed by atoms with Crippen LogP contribution >= 0.6 is 0 Å². The van der Waals surface area contributed by atoms with Crippen molar-refractivity contribution < 1.29 is 32.8 Å². The van der Waals surface area contributed by atoms with Crippen LogP contribution in [0.4, 0.5) is 0 Å². The van der Waals surface area contributed by atoms with Crippen LogP contribution in [0.1, 0.15) is 46.5 Å². The molecule has 28 heavy (non-hydrogen) atoms. The maximum atomic E-state index is 6.40. The second-order valence-electron chi connectivity index (χ2n) is 8.05. The van der Waals surface area contributed by atoms with Gasteiger partial charge in [-0.3, -0.25) is 0 Å². The van der Waals surface area contributed by atoms with E-state index in [2.05, 4.69) is 20.8 Å². The van der Waals surface area contributed by atoms with Gasteiger partial charge in [0.25, 0.3) is 0 Å². The van der Waals surface area contributed by atoms with E-state index in [4.69, 9.17) is 32.8 Å². The van der Waals surface area contributed by atoms with E-state index in [9.17, 15) is 0 Å². The predicted octanol–water partition coefficient (Wildman–Crippen LogP) is 0.994. The molecular formula is C20H38O7Si. The lowest BCUT2D eigenvalue weighted by atomic mass is 9.81. The molecule has 0 radical (unpaired) electrons. The third-order valence-electron chi connectivity index (χ3n) is 5.91. The number of epoxide rings is 3. The highest BCUT2D eigenvalue weighted by Gasteiger charge is 2.48. The van der Waals surface area contributed by atoms with Gasteiger partial charge in [0.1, 0.15) is 34.4 Å². The Labute approximate surface area is 172 Å². The average Bonchev–Trinajstić information content (AvgIpc) is 3.57. The Kier molecular flexibility index (Phi) is 8.73. The fourth-order valence-electron chi connectivity index (χ4n) is 3.89. The molecule has 164 valence electrons. The van der Waals surface area contributed by atoms with Gasteiger partial charge in [-0.25, -0.2) is 0 Å². The van der Waals surface area contributed by atoms with Crippen LogP contribution in [0.15, 0.2) is 0 Å². The quantitative estimate of drug-likeness (QED) is 0.258. The summed E-state index contributed by atoms with van der Waals surface area (Å²) in [6.45, 7) is 10.7. The Morgan fingerprint density at radius 1 is 0.786 bits per heavy atom. The Morgan fingerprint density at radius 2 is 1.21 bits per heavy atom. The smallest absolute Gasteiger partial charge is 0.147 e. The summed E-state index contributed by atoms with van der Waals surface area (Å²) in [5.74, 6) is 0. The van der Waals surface area contributed by atoms with Gasteiger partial charge in [-0.15, -0.1) is 0 Å². The first-order valence-corrected chi connectivity index (χ1v) is 11.7. The molecule has 3 aliphatic heterocycles. The second-order valence-corrected chi connectivity index (χ2v) is 8.46. The molecule has 0 aromatic heterocycles. The van der Waals surface area contributed by atoms with Crippen molar-refractivity contribution in [3.63, 3.8) is 0 Å².